The summed E-state index contributed by atoms with van der Waals surface area (Å²) in [6.07, 6.45) is 3.39. The zero-order chi connectivity index (χ0) is 20.5. The van der Waals surface area contributed by atoms with E-state index >= 15 is 0 Å². The Labute approximate surface area is 173 Å². The predicted molar refractivity (Wildman–Crippen MR) is 109 cm³/mol. The quantitative estimate of drug-likeness (QED) is 0.672. The maximum Gasteiger partial charge on any atom is 0.243 e. The van der Waals surface area contributed by atoms with E-state index in [1.54, 1.807) is 0 Å². The normalized spacial score (nSPS) is 23.3. The molecule has 0 aromatic heterocycles. The van der Waals surface area contributed by atoms with E-state index in [0.717, 1.165) is 58.5 Å². The Morgan fingerprint density at radius 3 is 2.03 bits per heavy atom. The van der Waals surface area contributed by atoms with Gasteiger partial charge in [0.2, 0.25) is 20.0 Å². The summed E-state index contributed by atoms with van der Waals surface area (Å²) in [5, 5.41) is 0. The van der Waals surface area contributed by atoms with Crippen LogP contribution in [0, 0.1) is 5.92 Å². The minimum absolute atomic E-state index is 0.0159. The van der Waals surface area contributed by atoms with Crippen molar-refractivity contribution < 1.29 is 21.6 Å². The van der Waals surface area contributed by atoms with Crippen LogP contribution in [0.15, 0.2) is 34.1 Å². The molecule has 1 aliphatic carbocycles. The molecule has 29 heavy (non-hydrogen) atoms. The average Bonchev–Trinajstić information content (AvgIpc) is 3.53. The molecule has 2 aliphatic heterocycles. The first-order chi connectivity index (χ1) is 13.8. The van der Waals surface area contributed by atoms with E-state index in [1.807, 2.05) is 0 Å². The third kappa shape index (κ3) is 5.18. The summed E-state index contributed by atoms with van der Waals surface area (Å²) in [6.45, 7) is 5.44. The van der Waals surface area contributed by atoms with Gasteiger partial charge in [-0.15, -0.1) is 0 Å². The highest BCUT2D eigenvalue weighted by molar-refractivity contribution is 7.89. The fourth-order valence-electron chi connectivity index (χ4n) is 3.91. The van der Waals surface area contributed by atoms with Crippen molar-refractivity contribution in [2.24, 2.45) is 5.92 Å². The second-order valence-electron chi connectivity index (χ2n) is 8.13. The van der Waals surface area contributed by atoms with E-state index in [0.29, 0.717) is 19.0 Å². The lowest BCUT2D eigenvalue weighted by atomic mass is 9.97. The van der Waals surface area contributed by atoms with Crippen LogP contribution >= 0.6 is 0 Å². The second kappa shape index (κ2) is 8.60. The van der Waals surface area contributed by atoms with E-state index in [2.05, 4.69) is 9.62 Å². The summed E-state index contributed by atoms with van der Waals surface area (Å²) in [6, 6.07) is 5.57. The van der Waals surface area contributed by atoms with Crippen molar-refractivity contribution >= 4 is 20.0 Å². The lowest BCUT2D eigenvalue weighted by Gasteiger charge is -2.35. The maximum atomic E-state index is 13.0. The van der Waals surface area contributed by atoms with Crippen LogP contribution in [0.2, 0.25) is 0 Å². The number of hydrogen-bond acceptors (Lipinski definition) is 6. The Morgan fingerprint density at radius 1 is 0.862 bits per heavy atom. The first-order valence-corrected chi connectivity index (χ1v) is 13.2. The number of benzene rings is 1. The number of rotatable bonds is 7. The molecule has 0 atom stereocenters. The van der Waals surface area contributed by atoms with Crippen molar-refractivity contribution in [1.29, 1.82) is 0 Å². The second-order valence-corrected chi connectivity index (χ2v) is 11.8. The minimum atomic E-state index is -3.61. The molecule has 1 aromatic rings. The summed E-state index contributed by atoms with van der Waals surface area (Å²) >= 11 is 0. The number of hydrogen-bond donors (Lipinski definition) is 1. The van der Waals surface area contributed by atoms with E-state index in [4.69, 9.17) is 4.74 Å². The number of morpholine rings is 1. The number of nitrogens with zero attached hydrogens (tertiary/aromatic N) is 2. The Hall–Kier alpha value is -1.04. The summed E-state index contributed by atoms with van der Waals surface area (Å²) in [7, 11) is -7.18. The number of sulfonamides is 2. The van der Waals surface area contributed by atoms with Crippen LogP contribution in [0.25, 0.3) is 0 Å². The third-order valence-corrected chi connectivity index (χ3v) is 9.31. The van der Waals surface area contributed by atoms with Crippen LogP contribution in [0.5, 0.6) is 0 Å². The van der Waals surface area contributed by atoms with Crippen LogP contribution < -0.4 is 4.72 Å². The molecule has 162 valence electrons. The van der Waals surface area contributed by atoms with Crippen molar-refractivity contribution in [1.82, 2.24) is 13.9 Å². The topological polar surface area (TPSA) is 96.0 Å². The highest BCUT2D eigenvalue weighted by atomic mass is 32.2. The summed E-state index contributed by atoms with van der Waals surface area (Å²) < 4.78 is 60.0. The zero-order valence-electron chi connectivity index (χ0n) is 16.5. The molecule has 1 saturated carbocycles. The lowest BCUT2D eigenvalue weighted by Crippen LogP contribution is -2.44. The number of piperidine rings is 1. The molecule has 0 unspecified atom stereocenters. The molecule has 0 bridgehead atoms. The molecule has 0 radical (unpaired) electrons. The molecule has 4 rings (SSSR count). The van der Waals surface area contributed by atoms with Gasteiger partial charge in [-0.1, -0.05) is 0 Å². The van der Waals surface area contributed by atoms with Crippen LogP contribution in [0.1, 0.15) is 25.7 Å². The van der Waals surface area contributed by atoms with E-state index in [1.165, 1.54) is 28.6 Å². The predicted octanol–water partition coefficient (Wildman–Crippen LogP) is 0.860. The molecule has 1 aromatic carbocycles. The Balaban J connectivity index is 1.36. The molecule has 2 heterocycles. The zero-order valence-corrected chi connectivity index (χ0v) is 18.1. The smallest absolute Gasteiger partial charge is 0.243 e. The Kier molecular flexibility index (Phi) is 6.29. The van der Waals surface area contributed by atoms with Crippen molar-refractivity contribution in [3.8, 4) is 0 Å². The van der Waals surface area contributed by atoms with Gasteiger partial charge in [0.15, 0.2) is 0 Å². The van der Waals surface area contributed by atoms with Gasteiger partial charge in [-0.2, -0.15) is 4.31 Å². The van der Waals surface area contributed by atoms with Crippen LogP contribution in [-0.4, -0.2) is 78.0 Å². The van der Waals surface area contributed by atoms with Crippen molar-refractivity contribution in [3.63, 3.8) is 0 Å². The van der Waals surface area contributed by atoms with Crippen LogP contribution in [-0.2, 0) is 24.8 Å². The molecule has 10 heteroatoms. The van der Waals surface area contributed by atoms with Crippen LogP contribution in [0.3, 0.4) is 0 Å². The van der Waals surface area contributed by atoms with Gasteiger partial charge in [0.05, 0.1) is 23.0 Å². The van der Waals surface area contributed by atoms with Gasteiger partial charge >= 0.3 is 0 Å². The molecule has 0 amide bonds. The average molecular weight is 444 g/mol. The molecular weight excluding hydrogens is 414 g/mol. The summed E-state index contributed by atoms with van der Waals surface area (Å²) in [4.78, 5) is 2.65. The fourth-order valence-corrected chi connectivity index (χ4v) is 6.68. The SMILES string of the molecule is O=S(=O)(NC1CC1)c1ccc(S(=O)(=O)N2CCC(CN3CCOCC3)CC2)cc1. The maximum absolute atomic E-state index is 13.0. The van der Waals surface area contributed by atoms with E-state index in [9.17, 15) is 16.8 Å². The van der Waals surface area contributed by atoms with Crippen molar-refractivity contribution in [2.75, 3.05) is 45.9 Å². The highest BCUT2D eigenvalue weighted by Crippen LogP contribution is 2.26. The molecule has 3 aliphatic rings. The van der Waals surface area contributed by atoms with Gasteiger partial charge in [0.1, 0.15) is 0 Å². The number of ether oxygens (including phenoxy) is 1. The summed E-state index contributed by atoms with van der Waals surface area (Å²) in [5.74, 6) is 0.501. The molecule has 8 nitrogen and oxygen atoms in total. The molecule has 0 spiro atoms. The van der Waals surface area contributed by atoms with Gasteiger partial charge in [-0.05, 0) is 55.9 Å². The molecule has 2 saturated heterocycles. The Bertz CT molecular complexity index is 900. The number of nitrogens with one attached hydrogen (secondary N) is 1. The van der Waals surface area contributed by atoms with Gasteiger partial charge in [-0.25, -0.2) is 21.6 Å². The van der Waals surface area contributed by atoms with Gasteiger partial charge in [0.25, 0.3) is 0 Å². The van der Waals surface area contributed by atoms with Gasteiger partial charge in [-0.3, -0.25) is 4.90 Å². The first kappa shape index (κ1) is 21.2. The Morgan fingerprint density at radius 2 is 1.45 bits per heavy atom. The largest absolute Gasteiger partial charge is 0.379 e. The van der Waals surface area contributed by atoms with Crippen molar-refractivity contribution in [3.05, 3.63) is 24.3 Å². The van der Waals surface area contributed by atoms with Gasteiger partial charge < -0.3 is 4.74 Å². The molecular formula is C19H29N3O5S2. The summed E-state index contributed by atoms with van der Waals surface area (Å²) in [5.41, 5.74) is 0. The van der Waals surface area contributed by atoms with E-state index in [-0.39, 0.29) is 15.8 Å². The minimum Gasteiger partial charge on any atom is -0.379 e. The molecule has 1 N–H and O–H groups in total. The highest BCUT2D eigenvalue weighted by Gasteiger charge is 2.31. The monoisotopic (exact) mass is 443 g/mol. The molecule has 3 fully saturated rings. The lowest BCUT2D eigenvalue weighted by molar-refractivity contribution is 0.0269. The standard InChI is InChI=1S/C19H29N3O5S2/c23-28(24,20-17-1-2-17)18-3-5-19(6-4-18)29(25,26)22-9-7-16(8-10-22)15-21-11-13-27-14-12-21/h3-6,16-17,20H,1-2,7-15H2. The van der Waals surface area contributed by atoms with Crippen molar-refractivity contribution in [2.45, 2.75) is 41.5 Å². The van der Waals surface area contributed by atoms with Crippen LogP contribution in [0.4, 0.5) is 0 Å². The fraction of sp³-hybridized carbons (Fsp3) is 0.684. The first-order valence-electron chi connectivity index (χ1n) is 10.3. The third-order valence-electron chi connectivity index (χ3n) is 5.86. The van der Waals surface area contributed by atoms with E-state index < -0.39 is 20.0 Å². The van der Waals surface area contributed by atoms with Gasteiger partial charge in [0, 0.05) is 38.8 Å².